The van der Waals surface area contributed by atoms with Crippen molar-refractivity contribution in [1.29, 1.82) is 5.26 Å². The third-order valence-corrected chi connectivity index (χ3v) is 5.43. The van der Waals surface area contributed by atoms with E-state index in [2.05, 4.69) is 11.4 Å². The molecular formula is C14H18N2O2S. The van der Waals surface area contributed by atoms with Crippen molar-refractivity contribution in [1.82, 2.24) is 5.32 Å². The van der Waals surface area contributed by atoms with Crippen LogP contribution < -0.4 is 5.32 Å². The minimum atomic E-state index is -3.21. The predicted molar refractivity (Wildman–Crippen MR) is 74.1 cm³/mol. The Hall–Kier alpha value is -1.38. The molecular weight excluding hydrogens is 260 g/mol. The van der Waals surface area contributed by atoms with Crippen LogP contribution >= 0.6 is 0 Å². The van der Waals surface area contributed by atoms with E-state index in [9.17, 15) is 13.7 Å². The van der Waals surface area contributed by atoms with Gasteiger partial charge in [0.2, 0.25) is 0 Å². The molecule has 19 heavy (non-hydrogen) atoms. The van der Waals surface area contributed by atoms with Gasteiger partial charge in [0.05, 0.1) is 11.3 Å². The largest absolute Gasteiger partial charge is 0.294 e. The van der Waals surface area contributed by atoms with Gasteiger partial charge in [0.25, 0.3) is 0 Å². The van der Waals surface area contributed by atoms with E-state index < -0.39 is 20.6 Å². The molecule has 1 aliphatic carbocycles. The first kappa shape index (κ1) is 14.0. The molecule has 0 aromatic heterocycles. The molecule has 5 heteroatoms. The van der Waals surface area contributed by atoms with Gasteiger partial charge in [0.1, 0.15) is 5.54 Å². The third kappa shape index (κ3) is 2.96. The fraction of sp³-hybridized carbons (Fsp3) is 0.500. The quantitative estimate of drug-likeness (QED) is 0.909. The predicted octanol–water partition coefficient (Wildman–Crippen LogP) is 1.64. The lowest BCUT2D eigenvalue weighted by atomic mass is 9.99. The number of nitrogens with one attached hydrogen (secondary N) is 1. The first-order chi connectivity index (χ1) is 8.98. The van der Waals surface area contributed by atoms with Gasteiger partial charge in [0, 0.05) is 12.8 Å². The molecule has 2 unspecified atom stereocenters. The fourth-order valence-corrected chi connectivity index (χ4v) is 4.36. The lowest BCUT2D eigenvalue weighted by Crippen LogP contribution is -2.52. The van der Waals surface area contributed by atoms with Gasteiger partial charge in [-0.1, -0.05) is 30.3 Å². The van der Waals surface area contributed by atoms with Crippen LogP contribution in [0.5, 0.6) is 0 Å². The van der Waals surface area contributed by atoms with Crippen molar-refractivity contribution in [3.8, 4) is 6.07 Å². The van der Waals surface area contributed by atoms with Gasteiger partial charge in [-0.15, -0.1) is 0 Å². The lowest BCUT2D eigenvalue weighted by Gasteiger charge is -2.28. The molecule has 0 aliphatic heterocycles. The van der Waals surface area contributed by atoms with Gasteiger partial charge in [-0.2, -0.15) is 5.26 Å². The van der Waals surface area contributed by atoms with E-state index in [1.807, 2.05) is 30.3 Å². The SMILES string of the molecule is CS(=O)(=O)C1CCCC1(C#N)NCc1ccccc1. The molecule has 2 rings (SSSR count). The van der Waals surface area contributed by atoms with Crippen LogP contribution in [0.15, 0.2) is 30.3 Å². The molecule has 0 radical (unpaired) electrons. The summed E-state index contributed by atoms with van der Waals surface area (Å²) in [4.78, 5) is 0. The van der Waals surface area contributed by atoms with Crippen LogP contribution in [0.4, 0.5) is 0 Å². The van der Waals surface area contributed by atoms with Gasteiger partial charge < -0.3 is 0 Å². The van der Waals surface area contributed by atoms with Gasteiger partial charge in [-0.25, -0.2) is 8.42 Å². The Morgan fingerprint density at radius 1 is 1.42 bits per heavy atom. The highest BCUT2D eigenvalue weighted by molar-refractivity contribution is 7.91. The maximum Gasteiger partial charge on any atom is 0.153 e. The van der Waals surface area contributed by atoms with Crippen LogP contribution in [-0.4, -0.2) is 25.5 Å². The number of hydrogen-bond donors (Lipinski definition) is 1. The zero-order chi connectivity index (χ0) is 13.9. The van der Waals surface area contributed by atoms with E-state index in [0.717, 1.165) is 12.0 Å². The molecule has 2 atom stereocenters. The summed E-state index contributed by atoms with van der Waals surface area (Å²) in [6.45, 7) is 0.514. The third-order valence-electron chi connectivity index (χ3n) is 3.75. The Kier molecular flexibility index (Phi) is 3.93. The van der Waals surface area contributed by atoms with Crippen LogP contribution in [0.25, 0.3) is 0 Å². The average molecular weight is 278 g/mol. The van der Waals surface area contributed by atoms with E-state index in [1.165, 1.54) is 6.26 Å². The maximum absolute atomic E-state index is 11.8. The summed E-state index contributed by atoms with van der Waals surface area (Å²) in [5.74, 6) is 0. The normalized spacial score (nSPS) is 27.1. The summed E-state index contributed by atoms with van der Waals surface area (Å²) in [5.41, 5.74) is 0.111. The molecule has 1 aromatic carbocycles. The van der Waals surface area contributed by atoms with Gasteiger partial charge in [0.15, 0.2) is 9.84 Å². The monoisotopic (exact) mass is 278 g/mol. The fourth-order valence-electron chi connectivity index (χ4n) is 2.78. The Bertz CT molecular complexity index is 577. The molecule has 0 bridgehead atoms. The highest BCUT2D eigenvalue weighted by Gasteiger charge is 2.48. The molecule has 1 saturated carbocycles. The van der Waals surface area contributed by atoms with Crippen LogP contribution in [0.2, 0.25) is 0 Å². The van der Waals surface area contributed by atoms with Crippen LogP contribution in [0.3, 0.4) is 0 Å². The van der Waals surface area contributed by atoms with Crippen LogP contribution in [0.1, 0.15) is 24.8 Å². The van der Waals surface area contributed by atoms with E-state index in [4.69, 9.17) is 0 Å². The second-order valence-electron chi connectivity index (χ2n) is 5.13. The zero-order valence-electron chi connectivity index (χ0n) is 11.0. The van der Waals surface area contributed by atoms with Crippen molar-refractivity contribution in [3.63, 3.8) is 0 Å². The molecule has 1 aliphatic rings. The van der Waals surface area contributed by atoms with Crippen LogP contribution in [0, 0.1) is 11.3 Å². The summed E-state index contributed by atoms with van der Waals surface area (Å²) in [6.07, 6.45) is 3.15. The van der Waals surface area contributed by atoms with Gasteiger partial charge in [-0.3, -0.25) is 5.32 Å². The number of hydrogen-bond acceptors (Lipinski definition) is 4. The highest BCUT2D eigenvalue weighted by atomic mass is 32.2. The topological polar surface area (TPSA) is 70.0 Å². The molecule has 0 spiro atoms. The van der Waals surface area contributed by atoms with E-state index in [-0.39, 0.29) is 0 Å². The summed E-state index contributed by atoms with van der Waals surface area (Å²) >= 11 is 0. The number of benzene rings is 1. The number of nitrogens with zero attached hydrogens (tertiary/aromatic N) is 1. The molecule has 102 valence electrons. The van der Waals surface area contributed by atoms with Crippen LogP contribution in [-0.2, 0) is 16.4 Å². The number of sulfone groups is 1. The average Bonchev–Trinajstić information content (AvgIpc) is 2.82. The first-order valence-corrected chi connectivity index (χ1v) is 8.32. The lowest BCUT2D eigenvalue weighted by molar-refractivity contribution is 0.417. The Morgan fingerprint density at radius 3 is 2.68 bits per heavy atom. The molecule has 0 heterocycles. The van der Waals surface area contributed by atoms with Crippen molar-refractivity contribution in [3.05, 3.63) is 35.9 Å². The molecule has 1 aromatic rings. The summed E-state index contributed by atoms with van der Waals surface area (Å²) < 4.78 is 23.7. The van der Waals surface area contributed by atoms with Gasteiger partial charge >= 0.3 is 0 Å². The molecule has 1 N–H and O–H groups in total. The first-order valence-electron chi connectivity index (χ1n) is 6.37. The molecule has 0 amide bonds. The maximum atomic E-state index is 11.8. The highest BCUT2D eigenvalue weighted by Crippen LogP contribution is 2.34. The molecule has 0 saturated heterocycles. The zero-order valence-corrected chi connectivity index (χ0v) is 11.8. The molecule has 4 nitrogen and oxygen atoms in total. The van der Waals surface area contributed by atoms with E-state index >= 15 is 0 Å². The summed E-state index contributed by atoms with van der Waals surface area (Å²) in [5, 5.41) is 12.0. The minimum absolute atomic E-state index is 0.514. The van der Waals surface area contributed by atoms with Crippen molar-refractivity contribution < 1.29 is 8.42 Å². The molecule has 1 fully saturated rings. The number of rotatable bonds is 4. The van der Waals surface area contributed by atoms with Crippen molar-refractivity contribution in [2.75, 3.05) is 6.26 Å². The summed E-state index contributed by atoms with van der Waals surface area (Å²) in [7, 11) is -3.21. The Labute approximate surface area is 114 Å². The standard InChI is InChI=1S/C14H18N2O2S/c1-19(17,18)13-8-5-9-14(13,11-15)16-10-12-6-3-2-4-7-12/h2-4,6-7,13,16H,5,8-10H2,1H3. The van der Waals surface area contributed by atoms with Gasteiger partial charge in [-0.05, 0) is 24.8 Å². The van der Waals surface area contributed by atoms with Crippen molar-refractivity contribution in [2.45, 2.75) is 36.6 Å². The summed E-state index contributed by atoms with van der Waals surface area (Å²) in [6, 6.07) is 11.9. The van der Waals surface area contributed by atoms with Crippen molar-refractivity contribution >= 4 is 9.84 Å². The number of nitriles is 1. The minimum Gasteiger partial charge on any atom is -0.294 e. The Morgan fingerprint density at radius 2 is 2.11 bits per heavy atom. The van der Waals surface area contributed by atoms with E-state index in [0.29, 0.717) is 19.4 Å². The second-order valence-corrected chi connectivity index (χ2v) is 7.36. The smallest absolute Gasteiger partial charge is 0.153 e. The second kappa shape index (κ2) is 5.32. The Balaban J connectivity index is 2.17. The van der Waals surface area contributed by atoms with Crippen molar-refractivity contribution in [2.24, 2.45) is 0 Å². The van der Waals surface area contributed by atoms with E-state index in [1.54, 1.807) is 0 Å².